The second kappa shape index (κ2) is 10.1. The van der Waals surface area contributed by atoms with Gasteiger partial charge in [0, 0.05) is 57.6 Å². The van der Waals surface area contributed by atoms with E-state index in [0.29, 0.717) is 17.4 Å². The summed E-state index contributed by atoms with van der Waals surface area (Å²) < 4.78 is 43.9. The lowest BCUT2D eigenvalue weighted by Gasteiger charge is -2.22. The molecule has 1 aliphatic heterocycles. The number of nitrogens with one attached hydrogen (secondary N) is 1. The van der Waals surface area contributed by atoms with E-state index in [0.717, 1.165) is 19.5 Å². The van der Waals surface area contributed by atoms with Gasteiger partial charge in [0.05, 0.1) is 6.20 Å². The molecule has 1 N–H and O–H groups in total. The summed E-state index contributed by atoms with van der Waals surface area (Å²) in [6.07, 6.45) is 1.88. The van der Waals surface area contributed by atoms with Crippen LogP contribution in [0.1, 0.15) is 23.5 Å². The van der Waals surface area contributed by atoms with Gasteiger partial charge in [0.1, 0.15) is 0 Å². The largest absolute Gasteiger partial charge is 0.468 e. The van der Waals surface area contributed by atoms with Crippen LogP contribution >= 0.6 is 24.0 Å². The van der Waals surface area contributed by atoms with Gasteiger partial charge in [-0.2, -0.15) is 18.3 Å². The predicted octanol–water partition coefficient (Wildman–Crippen LogP) is 2.94. The molecule has 0 aliphatic carbocycles. The quantitative estimate of drug-likeness (QED) is 0.370. The molecule has 0 saturated carbocycles. The monoisotopic (exact) mass is 524 g/mol. The first-order valence-electron chi connectivity index (χ1n) is 8.93. The summed E-state index contributed by atoms with van der Waals surface area (Å²) in [4.78, 5) is 10.3. The third-order valence-corrected chi connectivity index (χ3v) is 4.56. The van der Waals surface area contributed by atoms with Crippen LogP contribution in [0.3, 0.4) is 0 Å². The zero-order chi connectivity index (χ0) is 20.1. The van der Waals surface area contributed by atoms with E-state index in [1.165, 1.54) is 11.8 Å². The summed E-state index contributed by atoms with van der Waals surface area (Å²) in [5, 5.41) is 7.42. The molecule has 0 amide bonds. The molecule has 3 rings (SSSR count). The van der Waals surface area contributed by atoms with Crippen LogP contribution in [0.15, 0.2) is 35.7 Å². The van der Waals surface area contributed by atoms with Crippen molar-refractivity contribution in [3.8, 4) is 5.88 Å². The molecule has 1 saturated heterocycles. The van der Waals surface area contributed by atoms with Crippen molar-refractivity contribution in [2.24, 2.45) is 12.0 Å². The van der Waals surface area contributed by atoms with Crippen molar-refractivity contribution in [3.05, 3.63) is 41.9 Å². The van der Waals surface area contributed by atoms with E-state index in [1.54, 1.807) is 23.9 Å². The Morgan fingerprint density at radius 2 is 2.21 bits per heavy atom. The first-order valence-corrected chi connectivity index (χ1v) is 8.93. The Kier molecular flexibility index (Phi) is 8.11. The Labute approximate surface area is 184 Å². The molecule has 2 aromatic heterocycles. The number of nitrogens with zero attached hydrogens (tertiary/aromatic N) is 5. The van der Waals surface area contributed by atoms with E-state index in [4.69, 9.17) is 4.74 Å². The van der Waals surface area contributed by atoms with Crippen LogP contribution in [0, 0.1) is 0 Å². The number of aryl methyl sites for hydroxylation is 1. The molecule has 160 valence electrons. The second-order valence-electron chi connectivity index (χ2n) is 6.65. The lowest BCUT2D eigenvalue weighted by molar-refractivity contribution is -0.154. The molecule has 29 heavy (non-hydrogen) atoms. The average Bonchev–Trinajstić information content (AvgIpc) is 3.30. The number of guanidine groups is 1. The molecule has 0 aromatic carbocycles. The molecular formula is C18H24F3IN6O. The minimum absolute atomic E-state index is 0. The minimum Gasteiger partial charge on any atom is -0.468 e. The Balaban J connectivity index is 0.00000300. The highest BCUT2D eigenvalue weighted by Gasteiger charge is 2.29. The molecule has 0 spiro atoms. The standard InChI is InChI=1S/C18H23F3N6O.HI/c1-22-17(27-7-5-14(11-27)15-9-25-26(2)10-15)24-8-13-4-3-6-23-16(13)28-12-18(19,20)21;/h3-4,6,9-10,14H,5,7-8,11-12H2,1-2H3,(H,22,24);1H. The van der Waals surface area contributed by atoms with Gasteiger partial charge in [-0.25, -0.2) is 4.98 Å². The van der Waals surface area contributed by atoms with Crippen LogP contribution < -0.4 is 10.1 Å². The lowest BCUT2D eigenvalue weighted by atomic mass is 10.0. The van der Waals surface area contributed by atoms with Crippen molar-refractivity contribution >= 4 is 29.9 Å². The van der Waals surface area contributed by atoms with Crippen molar-refractivity contribution in [2.45, 2.75) is 25.1 Å². The van der Waals surface area contributed by atoms with Gasteiger partial charge in [0.25, 0.3) is 0 Å². The van der Waals surface area contributed by atoms with Crippen molar-refractivity contribution in [1.82, 2.24) is 25.0 Å². The summed E-state index contributed by atoms with van der Waals surface area (Å²) in [6.45, 7) is 0.534. The number of pyridine rings is 1. The van der Waals surface area contributed by atoms with Crippen molar-refractivity contribution in [3.63, 3.8) is 0 Å². The summed E-state index contributed by atoms with van der Waals surface area (Å²) in [6, 6.07) is 3.34. The van der Waals surface area contributed by atoms with Crippen LogP contribution in [0.4, 0.5) is 13.2 Å². The number of rotatable bonds is 5. The molecule has 2 aromatic rings. The van der Waals surface area contributed by atoms with Gasteiger partial charge in [0.15, 0.2) is 12.6 Å². The van der Waals surface area contributed by atoms with Gasteiger partial charge in [-0.05, 0) is 18.1 Å². The highest BCUT2D eigenvalue weighted by Crippen LogP contribution is 2.27. The third-order valence-electron chi connectivity index (χ3n) is 4.56. The van der Waals surface area contributed by atoms with E-state index >= 15 is 0 Å². The summed E-state index contributed by atoms with van der Waals surface area (Å²) >= 11 is 0. The van der Waals surface area contributed by atoms with Crippen LogP contribution in [0.25, 0.3) is 0 Å². The number of halogens is 4. The summed E-state index contributed by atoms with van der Waals surface area (Å²) in [5.74, 6) is 1.03. The topological polar surface area (TPSA) is 67.6 Å². The Bertz CT molecular complexity index is 826. The van der Waals surface area contributed by atoms with E-state index in [9.17, 15) is 13.2 Å². The molecule has 7 nitrogen and oxygen atoms in total. The number of ether oxygens (including phenoxy) is 1. The number of hydrogen-bond donors (Lipinski definition) is 1. The zero-order valence-corrected chi connectivity index (χ0v) is 18.5. The SMILES string of the molecule is CN=C(NCc1cccnc1OCC(F)(F)F)N1CCC(c2cnn(C)c2)C1.I. The first kappa shape index (κ1) is 23.2. The van der Waals surface area contributed by atoms with Gasteiger partial charge in [-0.15, -0.1) is 24.0 Å². The molecule has 1 aliphatic rings. The maximum absolute atomic E-state index is 12.4. The normalized spacial score (nSPS) is 17.2. The Morgan fingerprint density at radius 1 is 1.41 bits per heavy atom. The van der Waals surface area contributed by atoms with Crippen LogP contribution in [-0.2, 0) is 13.6 Å². The fourth-order valence-corrected chi connectivity index (χ4v) is 3.22. The Hall–Kier alpha value is -2.05. The molecule has 11 heteroatoms. The molecule has 1 fully saturated rings. The number of aromatic nitrogens is 3. The van der Waals surface area contributed by atoms with Crippen LogP contribution in [0.2, 0.25) is 0 Å². The fourth-order valence-electron chi connectivity index (χ4n) is 3.22. The van der Waals surface area contributed by atoms with Gasteiger partial charge in [0.2, 0.25) is 5.88 Å². The molecule has 0 bridgehead atoms. The molecule has 1 atom stereocenters. The fraction of sp³-hybridized carbons (Fsp3) is 0.500. The highest BCUT2D eigenvalue weighted by atomic mass is 127. The lowest BCUT2D eigenvalue weighted by Crippen LogP contribution is -2.39. The predicted molar refractivity (Wildman–Crippen MR) is 114 cm³/mol. The Morgan fingerprint density at radius 3 is 2.86 bits per heavy atom. The van der Waals surface area contributed by atoms with Crippen molar-refractivity contribution < 1.29 is 17.9 Å². The number of aliphatic imine (C=N–C) groups is 1. The average molecular weight is 524 g/mol. The number of hydrogen-bond acceptors (Lipinski definition) is 4. The van der Waals surface area contributed by atoms with Gasteiger partial charge < -0.3 is 15.0 Å². The van der Waals surface area contributed by atoms with Gasteiger partial charge in [-0.1, -0.05) is 6.07 Å². The maximum atomic E-state index is 12.4. The number of alkyl halides is 3. The van der Waals surface area contributed by atoms with Crippen LogP contribution in [-0.4, -0.2) is 58.5 Å². The zero-order valence-electron chi connectivity index (χ0n) is 16.2. The van der Waals surface area contributed by atoms with E-state index < -0.39 is 12.8 Å². The first-order chi connectivity index (χ1) is 13.4. The van der Waals surface area contributed by atoms with E-state index in [2.05, 4.69) is 25.3 Å². The maximum Gasteiger partial charge on any atom is 0.422 e. The summed E-state index contributed by atoms with van der Waals surface area (Å²) in [5.41, 5.74) is 1.73. The summed E-state index contributed by atoms with van der Waals surface area (Å²) in [7, 11) is 3.58. The van der Waals surface area contributed by atoms with Gasteiger partial charge in [-0.3, -0.25) is 9.67 Å². The van der Waals surface area contributed by atoms with Crippen molar-refractivity contribution in [2.75, 3.05) is 26.7 Å². The molecular weight excluding hydrogens is 500 g/mol. The van der Waals surface area contributed by atoms with E-state index in [-0.39, 0.29) is 36.4 Å². The number of likely N-dealkylation sites (tertiary alicyclic amines) is 1. The molecule has 3 heterocycles. The minimum atomic E-state index is -4.41. The van der Waals surface area contributed by atoms with Gasteiger partial charge >= 0.3 is 6.18 Å². The van der Waals surface area contributed by atoms with Crippen molar-refractivity contribution in [1.29, 1.82) is 0 Å². The third kappa shape index (κ3) is 6.47. The molecule has 0 radical (unpaired) electrons. The van der Waals surface area contributed by atoms with E-state index in [1.807, 2.05) is 19.4 Å². The smallest absolute Gasteiger partial charge is 0.422 e. The van der Waals surface area contributed by atoms with Crippen LogP contribution in [0.5, 0.6) is 5.88 Å². The second-order valence-corrected chi connectivity index (χ2v) is 6.65. The molecule has 1 unspecified atom stereocenters. The highest BCUT2D eigenvalue weighted by molar-refractivity contribution is 14.0.